The van der Waals surface area contributed by atoms with E-state index in [9.17, 15) is 9.59 Å². The standard InChI is InChI=1S/C15H24N2O3/c1-2-12-14(19)17(10-13(18)16-12)9-11-5-8-15(20-11)6-3-4-7-15/h11-12H,2-10H2,1H3,(H,16,18). The van der Waals surface area contributed by atoms with E-state index in [1.807, 2.05) is 6.92 Å². The monoisotopic (exact) mass is 280 g/mol. The van der Waals surface area contributed by atoms with Crippen molar-refractivity contribution in [2.45, 2.75) is 69.6 Å². The van der Waals surface area contributed by atoms with Crippen LogP contribution in [0.3, 0.4) is 0 Å². The Labute approximate surface area is 120 Å². The van der Waals surface area contributed by atoms with Crippen molar-refractivity contribution < 1.29 is 14.3 Å². The van der Waals surface area contributed by atoms with E-state index in [4.69, 9.17) is 4.74 Å². The average molecular weight is 280 g/mol. The van der Waals surface area contributed by atoms with Crippen LogP contribution in [-0.2, 0) is 14.3 Å². The van der Waals surface area contributed by atoms with Crippen molar-refractivity contribution in [3.05, 3.63) is 0 Å². The molecule has 0 aromatic rings. The number of nitrogens with one attached hydrogen (secondary N) is 1. The molecule has 1 aliphatic carbocycles. The molecule has 2 heterocycles. The SMILES string of the molecule is CCC1NC(=O)CN(CC2CCC3(CCCC3)O2)C1=O. The zero-order valence-corrected chi connectivity index (χ0v) is 12.2. The number of piperazine rings is 1. The summed E-state index contributed by atoms with van der Waals surface area (Å²) in [6.45, 7) is 2.68. The summed E-state index contributed by atoms with van der Waals surface area (Å²) in [4.78, 5) is 25.6. The van der Waals surface area contributed by atoms with E-state index in [2.05, 4.69) is 5.32 Å². The summed E-state index contributed by atoms with van der Waals surface area (Å²) >= 11 is 0. The zero-order chi connectivity index (χ0) is 14.2. The fourth-order valence-electron chi connectivity index (χ4n) is 3.86. The molecule has 20 heavy (non-hydrogen) atoms. The number of nitrogens with zero attached hydrogens (tertiary/aromatic N) is 1. The molecule has 0 radical (unpaired) electrons. The summed E-state index contributed by atoms with van der Waals surface area (Å²) < 4.78 is 6.24. The van der Waals surface area contributed by atoms with Gasteiger partial charge in [-0.2, -0.15) is 0 Å². The van der Waals surface area contributed by atoms with Crippen LogP contribution in [-0.4, -0.2) is 47.6 Å². The lowest BCUT2D eigenvalue weighted by Gasteiger charge is -2.34. The molecular formula is C15H24N2O3. The summed E-state index contributed by atoms with van der Waals surface area (Å²) in [5.41, 5.74) is 0.0932. The van der Waals surface area contributed by atoms with Gasteiger partial charge in [-0.15, -0.1) is 0 Å². The van der Waals surface area contributed by atoms with Crippen LogP contribution in [0.2, 0.25) is 0 Å². The maximum atomic E-state index is 12.3. The highest BCUT2D eigenvalue weighted by molar-refractivity contribution is 5.94. The lowest BCUT2D eigenvalue weighted by molar-refractivity contribution is -0.147. The lowest BCUT2D eigenvalue weighted by Crippen LogP contribution is -2.59. The fourth-order valence-corrected chi connectivity index (χ4v) is 3.86. The molecule has 0 bridgehead atoms. The van der Waals surface area contributed by atoms with Crippen molar-refractivity contribution in [3.8, 4) is 0 Å². The highest BCUT2D eigenvalue weighted by Gasteiger charge is 2.43. The molecule has 5 nitrogen and oxygen atoms in total. The molecular weight excluding hydrogens is 256 g/mol. The first-order chi connectivity index (χ1) is 9.62. The van der Waals surface area contributed by atoms with Crippen LogP contribution in [0.1, 0.15) is 51.9 Å². The van der Waals surface area contributed by atoms with E-state index in [0.29, 0.717) is 13.0 Å². The van der Waals surface area contributed by atoms with Crippen molar-refractivity contribution in [2.75, 3.05) is 13.1 Å². The number of carbonyl (C=O) groups is 2. The molecule has 1 N–H and O–H groups in total. The van der Waals surface area contributed by atoms with Gasteiger partial charge in [0.15, 0.2) is 0 Å². The van der Waals surface area contributed by atoms with Crippen molar-refractivity contribution in [1.29, 1.82) is 0 Å². The molecule has 0 aromatic heterocycles. The third-order valence-electron chi connectivity index (χ3n) is 4.97. The Morgan fingerprint density at radius 1 is 1.30 bits per heavy atom. The number of amides is 2. The first kappa shape index (κ1) is 13.9. The number of carbonyl (C=O) groups excluding carboxylic acids is 2. The van der Waals surface area contributed by atoms with E-state index in [1.54, 1.807) is 4.90 Å². The Hall–Kier alpha value is -1.10. The van der Waals surface area contributed by atoms with Gasteiger partial charge in [0.1, 0.15) is 6.04 Å². The van der Waals surface area contributed by atoms with Crippen molar-refractivity contribution >= 4 is 11.8 Å². The summed E-state index contributed by atoms with van der Waals surface area (Å²) in [6, 6.07) is -0.349. The second-order valence-corrected chi connectivity index (χ2v) is 6.42. The zero-order valence-electron chi connectivity index (χ0n) is 12.2. The van der Waals surface area contributed by atoms with Gasteiger partial charge < -0.3 is 15.0 Å². The van der Waals surface area contributed by atoms with E-state index >= 15 is 0 Å². The van der Waals surface area contributed by atoms with E-state index in [-0.39, 0.29) is 36.1 Å². The van der Waals surface area contributed by atoms with Crippen molar-refractivity contribution in [2.24, 2.45) is 0 Å². The highest BCUT2D eigenvalue weighted by Crippen LogP contribution is 2.43. The minimum Gasteiger partial charge on any atom is -0.370 e. The van der Waals surface area contributed by atoms with Crippen LogP contribution in [0.4, 0.5) is 0 Å². The summed E-state index contributed by atoms with van der Waals surface area (Å²) in [7, 11) is 0. The Morgan fingerprint density at radius 2 is 2.05 bits per heavy atom. The predicted molar refractivity (Wildman–Crippen MR) is 74.1 cm³/mol. The van der Waals surface area contributed by atoms with Crippen LogP contribution < -0.4 is 5.32 Å². The number of ether oxygens (including phenoxy) is 1. The van der Waals surface area contributed by atoms with Crippen molar-refractivity contribution in [1.82, 2.24) is 10.2 Å². The van der Waals surface area contributed by atoms with Gasteiger partial charge in [0.05, 0.1) is 18.2 Å². The third kappa shape index (κ3) is 2.55. The van der Waals surface area contributed by atoms with Gasteiger partial charge in [0.25, 0.3) is 0 Å². The smallest absolute Gasteiger partial charge is 0.245 e. The molecule has 3 rings (SSSR count). The Kier molecular flexibility index (Phi) is 3.71. The number of hydrogen-bond donors (Lipinski definition) is 1. The number of hydrogen-bond acceptors (Lipinski definition) is 3. The summed E-state index contributed by atoms with van der Waals surface area (Å²) in [5.74, 6) is -0.00639. The Morgan fingerprint density at radius 3 is 2.75 bits per heavy atom. The largest absolute Gasteiger partial charge is 0.370 e. The maximum absolute atomic E-state index is 12.3. The molecule has 2 amide bonds. The second kappa shape index (κ2) is 5.35. The van der Waals surface area contributed by atoms with Gasteiger partial charge >= 0.3 is 0 Å². The quantitative estimate of drug-likeness (QED) is 0.845. The van der Waals surface area contributed by atoms with Gasteiger partial charge in [0, 0.05) is 6.54 Å². The van der Waals surface area contributed by atoms with Gasteiger partial charge in [-0.25, -0.2) is 0 Å². The molecule has 1 spiro atoms. The normalized spacial score (nSPS) is 33.0. The molecule has 2 aliphatic heterocycles. The van der Waals surface area contributed by atoms with Gasteiger partial charge in [0.2, 0.25) is 11.8 Å². The number of rotatable bonds is 3. The molecule has 2 saturated heterocycles. The van der Waals surface area contributed by atoms with Crippen LogP contribution in [0, 0.1) is 0 Å². The van der Waals surface area contributed by atoms with E-state index < -0.39 is 0 Å². The summed E-state index contributed by atoms with van der Waals surface area (Å²) in [6.07, 6.45) is 7.73. The highest BCUT2D eigenvalue weighted by atomic mass is 16.5. The molecule has 3 fully saturated rings. The molecule has 0 aromatic carbocycles. The van der Waals surface area contributed by atoms with Crippen LogP contribution >= 0.6 is 0 Å². The molecule has 112 valence electrons. The summed E-state index contributed by atoms with van der Waals surface area (Å²) in [5, 5.41) is 2.75. The van der Waals surface area contributed by atoms with Gasteiger partial charge in [-0.1, -0.05) is 19.8 Å². The van der Waals surface area contributed by atoms with Gasteiger partial charge in [-0.05, 0) is 32.1 Å². The fraction of sp³-hybridized carbons (Fsp3) is 0.867. The molecule has 2 atom stereocenters. The molecule has 5 heteroatoms. The third-order valence-corrected chi connectivity index (χ3v) is 4.97. The minimum absolute atomic E-state index is 0.0445. The van der Waals surface area contributed by atoms with Crippen LogP contribution in [0.15, 0.2) is 0 Å². The second-order valence-electron chi connectivity index (χ2n) is 6.42. The van der Waals surface area contributed by atoms with Crippen LogP contribution in [0.25, 0.3) is 0 Å². The topological polar surface area (TPSA) is 58.6 Å². The van der Waals surface area contributed by atoms with Crippen molar-refractivity contribution in [3.63, 3.8) is 0 Å². The Bertz CT molecular complexity index is 404. The molecule has 2 unspecified atom stereocenters. The predicted octanol–water partition coefficient (Wildman–Crippen LogP) is 1.22. The average Bonchev–Trinajstić information content (AvgIpc) is 3.04. The van der Waals surface area contributed by atoms with E-state index in [0.717, 1.165) is 25.7 Å². The molecule has 3 aliphatic rings. The Balaban J connectivity index is 1.60. The van der Waals surface area contributed by atoms with Gasteiger partial charge in [-0.3, -0.25) is 9.59 Å². The lowest BCUT2D eigenvalue weighted by atomic mass is 9.98. The van der Waals surface area contributed by atoms with E-state index in [1.165, 1.54) is 12.8 Å². The molecule has 1 saturated carbocycles. The first-order valence-corrected chi connectivity index (χ1v) is 7.88. The van der Waals surface area contributed by atoms with Crippen LogP contribution in [0.5, 0.6) is 0 Å². The minimum atomic E-state index is -0.349. The first-order valence-electron chi connectivity index (χ1n) is 7.88. The maximum Gasteiger partial charge on any atom is 0.245 e.